The van der Waals surface area contributed by atoms with Crippen LogP contribution in [-0.2, 0) is 27.2 Å². The molecule has 3 aromatic heterocycles. The van der Waals surface area contributed by atoms with Crippen molar-refractivity contribution in [3.05, 3.63) is 78.6 Å². The zero-order chi connectivity index (χ0) is 18.4. The van der Waals surface area contributed by atoms with Crippen LogP contribution in [0.4, 0.5) is 0 Å². The van der Waals surface area contributed by atoms with Gasteiger partial charge in [-0.15, -0.1) is 0 Å². The topological polar surface area (TPSA) is 46.3 Å². The molecule has 0 atom stereocenters. The van der Waals surface area contributed by atoms with Crippen molar-refractivity contribution in [3.63, 3.8) is 0 Å². The van der Waals surface area contributed by atoms with E-state index in [1.165, 1.54) is 22.1 Å². The normalized spacial score (nSPS) is 11.6. The van der Waals surface area contributed by atoms with Gasteiger partial charge in [0.25, 0.3) is 0 Å². The molecule has 27 heavy (non-hydrogen) atoms. The summed E-state index contributed by atoms with van der Waals surface area (Å²) in [6.45, 7) is 1.52. The predicted molar refractivity (Wildman–Crippen MR) is 103 cm³/mol. The average Bonchev–Trinajstić information content (AvgIpc) is 3.35. The van der Waals surface area contributed by atoms with E-state index in [2.05, 4.69) is 110 Å². The van der Waals surface area contributed by atoms with Crippen molar-refractivity contribution in [3.8, 4) is 0 Å². The number of aromatic amines is 1. The number of nitrogens with one attached hydrogen (secondary N) is 1. The Labute approximate surface area is 156 Å². The monoisotopic (exact) mass is 358 g/mol. The standard InChI is InChI=1S/C21H22N6/c1-24-14-26(20-9-5-3-7-18(20)24)12-16-11-17(23-22-16)13-27-15-25(2)19-8-4-6-10-21(19)27/h3-11,14-15H,12-13H2,1-2H3,(H,22,23)/q+2. The molecule has 0 spiro atoms. The Kier molecular flexibility index (Phi) is 3.57. The van der Waals surface area contributed by atoms with Gasteiger partial charge < -0.3 is 0 Å². The van der Waals surface area contributed by atoms with E-state index in [0.29, 0.717) is 0 Å². The van der Waals surface area contributed by atoms with Crippen molar-refractivity contribution in [1.29, 1.82) is 0 Å². The van der Waals surface area contributed by atoms with E-state index in [1.807, 2.05) is 0 Å². The van der Waals surface area contributed by atoms with Crippen molar-refractivity contribution in [2.45, 2.75) is 13.1 Å². The first-order chi connectivity index (χ1) is 13.2. The summed E-state index contributed by atoms with van der Waals surface area (Å²) in [6.07, 6.45) is 4.25. The first-order valence-electron chi connectivity index (χ1n) is 9.09. The van der Waals surface area contributed by atoms with E-state index >= 15 is 0 Å². The highest BCUT2D eigenvalue weighted by Gasteiger charge is 2.16. The molecule has 5 rings (SSSR count). The number of H-pyrrole nitrogens is 1. The van der Waals surface area contributed by atoms with Crippen molar-refractivity contribution < 1.29 is 9.13 Å². The second-order valence-corrected chi connectivity index (χ2v) is 7.07. The first kappa shape index (κ1) is 15.8. The Morgan fingerprint density at radius 3 is 2.00 bits per heavy atom. The molecule has 0 aliphatic carbocycles. The van der Waals surface area contributed by atoms with Crippen molar-refractivity contribution in [2.24, 2.45) is 14.1 Å². The highest BCUT2D eigenvalue weighted by atomic mass is 15.2. The van der Waals surface area contributed by atoms with E-state index in [1.54, 1.807) is 0 Å². The van der Waals surface area contributed by atoms with Gasteiger partial charge in [-0.1, -0.05) is 24.3 Å². The smallest absolute Gasteiger partial charge is 0.244 e. The number of nitrogens with zero attached hydrogens (tertiary/aromatic N) is 5. The summed E-state index contributed by atoms with van der Waals surface area (Å²) < 4.78 is 8.78. The number of rotatable bonds is 4. The van der Waals surface area contributed by atoms with E-state index in [0.717, 1.165) is 24.5 Å². The Hall–Kier alpha value is -3.41. The van der Waals surface area contributed by atoms with Crippen LogP contribution in [0, 0.1) is 0 Å². The number of benzene rings is 2. The Morgan fingerprint density at radius 1 is 0.815 bits per heavy atom. The zero-order valence-electron chi connectivity index (χ0n) is 15.5. The van der Waals surface area contributed by atoms with Gasteiger partial charge in [0, 0.05) is 0 Å². The fourth-order valence-electron chi connectivity index (χ4n) is 3.86. The number of hydrogen-bond donors (Lipinski definition) is 1. The number of aromatic nitrogens is 6. The maximum absolute atomic E-state index is 4.54. The predicted octanol–water partition coefficient (Wildman–Crippen LogP) is 2.06. The molecule has 6 heteroatoms. The molecule has 134 valence electrons. The highest BCUT2D eigenvalue weighted by Crippen LogP contribution is 2.14. The van der Waals surface area contributed by atoms with E-state index in [-0.39, 0.29) is 0 Å². The minimum atomic E-state index is 0.748. The lowest BCUT2D eigenvalue weighted by atomic mass is 10.3. The average molecular weight is 358 g/mol. The van der Waals surface area contributed by atoms with Gasteiger partial charge in [0.05, 0.1) is 19.8 Å². The molecule has 3 heterocycles. The third kappa shape index (κ3) is 2.70. The molecule has 2 aromatic carbocycles. The summed E-state index contributed by atoms with van der Waals surface area (Å²) in [5, 5.41) is 7.74. The van der Waals surface area contributed by atoms with E-state index in [9.17, 15) is 0 Å². The maximum atomic E-state index is 4.54. The van der Waals surface area contributed by atoms with Crippen LogP contribution < -0.4 is 9.13 Å². The number of para-hydroxylation sites is 4. The minimum absolute atomic E-state index is 0.748. The van der Waals surface area contributed by atoms with Gasteiger partial charge in [0.1, 0.15) is 18.8 Å². The summed E-state index contributed by atoms with van der Waals surface area (Å²) in [5.41, 5.74) is 7.02. The van der Waals surface area contributed by atoms with Crippen LogP contribution in [0.3, 0.4) is 0 Å². The molecule has 0 aliphatic rings. The lowest BCUT2D eigenvalue weighted by Crippen LogP contribution is -2.25. The molecule has 5 aromatic rings. The van der Waals surface area contributed by atoms with Gasteiger partial charge in [0.15, 0.2) is 22.1 Å². The molecule has 0 unspecified atom stereocenters. The fourth-order valence-corrected chi connectivity index (χ4v) is 3.86. The van der Waals surface area contributed by atoms with Gasteiger partial charge in [-0.25, -0.2) is 18.3 Å². The first-order valence-corrected chi connectivity index (χ1v) is 9.09. The third-order valence-corrected chi connectivity index (χ3v) is 5.12. The van der Waals surface area contributed by atoms with Crippen LogP contribution in [0.1, 0.15) is 11.4 Å². The molecule has 0 radical (unpaired) electrons. The van der Waals surface area contributed by atoms with Crippen LogP contribution in [0.25, 0.3) is 22.1 Å². The van der Waals surface area contributed by atoms with Gasteiger partial charge in [-0.3, -0.25) is 5.10 Å². The molecular formula is C21H22N6+2. The molecule has 0 amide bonds. The fraction of sp³-hybridized carbons (Fsp3) is 0.190. The molecule has 0 fully saturated rings. The number of fused-ring (bicyclic) bond motifs is 2. The molecule has 0 saturated heterocycles. The number of imidazole rings is 2. The summed E-state index contributed by atoms with van der Waals surface area (Å²) in [4.78, 5) is 0. The highest BCUT2D eigenvalue weighted by molar-refractivity contribution is 5.72. The Morgan fingerprint density at radius 2 is 1.37 bits per heavy atom. The van der Waals surface area contributed by atoms with Gasteiger partial charge in [-0.05, 0) is 30.3 Å². The van der Waals surface area contributed by atoms with Gasteiger partial charge in [-0.2, -0.15) is 5.10 Å². The third-order valence-electron chi connectivity index (χ3n) is 5.12. The molecule has 0 saturated carbocycles. The molecule has 0 bridgehead atoms. The van der Waals surface area contributed by atoms with Crippen LogP contribution in [0.5, 0.6) is 0 Å². The lowest BCUT2D eigenvalue weighted by molar-refractivity contribution is -0.645. The summed E-state index contributed by atoms with van der Waals surface area (Å²) in [6, 6.07) is 19.0. The molecule has 0 aliphatic heterocycles. The van der Waals surface area contributed by atoms with Crippen LogP contribution in [-0.4, -0.2) is 19.3 Å². The lowest BCUT2D eigenvalue weighted by Gasteiger charge is -1.94. The maximum Gasteiger partial charge on any atom is 0.244 e. The van der Waals surface area contributed by atoms with Crippen molar-refractivity contribution in [1.82, 2.24) is 19.3 Å². The van der Waals surface area contributed by atoms with Gasteiger partial charge in [0.2, 0.25) is 12.7 Å². The summed E-state index contributed by atoms with van der Waals surface area (Å²) in [7, 11) is 4.15. The van der Waals surface area contributed by atoms with Crippen LogP contribution >= 0.6 is 0 Å². The SMILES string of the molecule is C[n+]1cn(Cc2cc(Cn3c[n+](C)c4ccccc43)[nH]n2)c2ccccc21. The van der Waals surface area contributed by atoms with Crippen molar-refractivity contribution in [2.75, 3.05) is 0 Å². The summed E-state index contributed by atoms with van der Waals surface area (Å²) in [5.74, 6) is 0. The number of hydrogen-bond acceptors (Lipinski definition) is 1. The quantitative estimate of drug-likeness (QED) is 0.491. The molecule has 6 nitrogen and oxygen atoms in total. The Balaban J connectivity index is 1.43. The minimum Gasteiger partial charge on any atom is -0.278 e. The van der Waals surface area contributed by atoms with Gasteiger partial charge >= 0.3 is 0 Å². The number of aryl methyl sites for hydroxylation is 2. The largest absolute Gasteiger partial charge is 0.278 e. The van der Waals surface area contributed by atoms with Crippen molar-refractivity contribution >= 4 is 22.1 Å². The Bertz CT molecular complexity index is 1160. The summed E-state index contributed by atoms with van der Waals surface area (Å²) >= 11 is 0. The molecule has 1 N–H and O–H groups in total. The van der Waals surface area contributed by atoms with Crippen LogP contribution in [0.15, 0.2) is 67.3 Å². The van der Waals surface area contributed by atoms with E-state index in [4.69, 9.17) is 0 Å². The van der Waals surface area contributed by atoms with Crippen LogP contribution in [0.2, 0.25) is 0 Å². The second-order valence-electron chi connectivity index (χ2n) is 7.07. The zero-order valence-corrected chi connectivity index (χ0v) is 15.5. The molecular weight excluding hydrogens is 336 g/mol. The van der Waals surface area contributed by atoms with E-state index < -0.39 is 0 Å². The second kappa shape index (κ2) is 6.09.